The molecule has 2 aliphatic carbocycles. The summed E-state index contributed by atoms with van der Waals surface area (Å²) in [5.74, 6) is 2.17. The van der Waals surface area contributed by atoms with Crippen LogP contribution in [0.15, 0.2) is 41.3 Å². The Bertz CT molecular complexity index is 1110. The van der Waals surface area contributed by atoms with Crippen LogP contribution in [0.1, 0.15) is 32.1 Å². The fraction of sp³-hybridized carbons (Fsp3) is 0.409. The van der Waals surface area contributed by atoms with E-state index in [4.69, 9.17) is 27.9 Å². The van der Waals surface area contributed by atoms with Gasteiger partial charge in [-0.1, -0.05) is 29.6 Å². The van der Waals surface area contributed by atoms with Crippen LogP contribution in [0.25, 0.3) is 0 Å². The summed E-state index contributed by atoms with van der Waals surface area (Å²) >= 11 is 11.8. The van der Waals surface area contributed by atoms with Gasteiger partial charge in [0.1, 0.15) is 5.75 Å². The first kappa shape index (κ1) is 22.2. The molecule has 6 nitrogen and oxygen atoms in total. The lowest BCUT2D eigenvalue weighted by molar-refractivity contribution is -0.117. The number of hydrogen-bond donors (Lipinski definition) is 2. The van der Waals surface area contributed by atoms with Gasteiger partial charge in [-0.05, 0) is 73.4 Å². The molecule has 0 aliphatic heterocycles. The zero-order valence-corrected chi connectivity index (χ0v) is 19.4. The largest absolute Gasteiger partial charge is 0.495 e. The number of nitrogens with one attached hydrogen (secondary N) is 2. The number of carbonyl (C=O) groups excluding carboxylic acids is 1. The molecule has 1 amide bonds. The molecule has 2 aromatic carbocycles. The Kier molecular flexibility index (Phi) is 6.37. The maximum atomic E-state index is 12.8. The number of hydrogen-bond acceptors (Lipinski definition) is 4. The molecule has 0 radical (unpaired) electrons. The lowest BCUT2D eigenvalue weighted by atomic mass is 9.86. The summed E-state index contributed by atoms with van der Waals surface area (Å²) in [7, 11) is -2.50. The van der Waals surface area contributed by atoms with Gasteiger partial charge in [-0.25, -0.2) is 8.42 Å². The van der Waals surface area contributed by atoms with Gasteiger partial charge in [0.05, 0.1) is 27.7 Å². The third kappa shape index (κ3) is 4.94. The van der Waals surface area contributed by atoms with Crippen molar-refractivity contribution in [3.8, 4) is 5.75 Å². The van der Waals surface area contributed by atoms with Crippen molar-refractivity contribution in [2.24, 2.45) is 17.8 Å². The van der Waals surface area contributed by atoms with Gasteiger partial charge in [0.25, 0.3) is 10.0 Å². The van der Waals surface area contributed by atoms with E-state index in [2.05, 4.69) is 10.0 Å². The normalized spacial score (nSPS) is 22.4. The topological polar surface area (TPSA) is 84.5 Å². The number of methoxy groups -OCH3 is 1. The molecule has 0 unspecified atom stereocenters. The van der Waals surface area contributed by atoms with Gasteiger partial charge in [-0.15, -0.1) is 0 Å². The van der Waals surface area contributed by atoms with Gasteiger partial charge < -0.3 is 10.1 Å². The summed E-state index contributed by atoms with van der Waals surface area (Å²) in [6.45, 7) is 0. The van der Waals surface area contributed by atoms with Crippen molar-refractivity contribution in [3.63, 3.8) is 0 Å². The van der Waals surface area contributed by atoms with Crippen LogP contribution in [0.4, 0.5) is 11.4 Å². The van der Waals surface area contributed by atoms with Crippen LogP contribution < -0.4 is 14.8 Å². The van der Waals surface area contributed by atoms with Gasteiger partial charge in [0, 0.05) is 12.1 Å². The number of rotatable bonds is 7. The Morgan fingerprint density at radius 1 is 1.10 bits per heavy atom. The first-order chi connectivity index (χ1) is 14.7. The molecular formula is C22H24Cl2N2O4S. The van der Waals surface area contributed by atoms with Crippen LogP contribution >= 0.6 is 23.2 Å². The first-order valence-electron chi connectivity index (χ1n) is 10.2. The lowest BCUT2D eigenvalue weighted by Crippen LogP contribution is -2.20. The summed E-state index contributed by atoms with van der Waals surface area (Å²) in [6, 6.07) is 8.91. The number of fused-ring (bicyclic) bond motifs is 2. The van der Waals surface area contributed by atoms with E-state index in [1.54, 1.807) is 18.2 Å². The Morgan fingerprint density at radius 3 is 2.55 bits per heavy atom. The molecular weight excluding hydrogens is 459 g/mol. The van der Waals surface area contributed by atoms with Crippen LogP contribution in [-0.4, -0.2) is 21.4 Å². The van der Waals surface area contributed by atoms with Crippen molar-refractivity contribution in [1.82, 2.24) is 0 Å². The van der Waals surface area contributed by atoms with Crippen molar-refractivity contribution in [1.29, 1.82) is 0 Å². The molecule has 0 saturated heterocycles. The van der Waals surface area contributed by atoms with Crippen molar-refractivity contribution in [2.45, 2.75) is 37.0 Å². The number of carbonyl (C=O) groups is 1. The Labute approximate surface area is 192 Å². The first-order valence-corrected chi connectivity index (χ1v) is 12.4. The van der Waals surface area contributed by atoms with E-state index in [-0.39, 0.29) is 26.5 Å². The van der Waals surface area contributed by atoms with E-state index in [9.17, 15) is 13.2 Å². The highest BCUT2D eigenvalue weighted by Crippen LogP contribution is 2.49. The molecule has 2 bridgehead atoms. The molecule has 0 spiro atoms. The second-order valence-corrected chi connectivity index (χ2v) is 10.8. The molecule has 3 atom stereocenters. The minimum absolute atomic E-state index is 0.0327. The zero-order chi connectivity index (χ0) is 22.2. The standard InChI is InChI=1S/C22H24Cl2N2O4S/c1-30-21-7-4-16(25-22(27)10-15-9-13-2-3-14(15)8-13)11-20(21)26-31(28,29)17-5-6-18(23)19(24)12-17/h4-7,11-15,26H,2-3,8-10H2,1H3,(H,25,27)/t13-,14-,15-/m1/s1. The second kappa shape index (κ2) is 8.88. The van der Waals surface area contributed by atoms with E-state index in [1.807, 2.05) is 0 Å². The number of ether oxygens (including phenoxy) is 1. The van der Waals surface area contributed by atoms with E-state index < -0.39 is 10.0 Å². The third-order valence-electron chi connectivity index (χ3n) is 6.26. The summed E-state index contributed by atoms with van der Waals surface area (Å²) in [6.07, 6.45) is 5.41. The number of amides is 1. The predicted octanol–water partition coefficient (Wildman–Crippen LogP) is 5.57. The number of halogens is 2. The quantitative estimate of drug-likeness (QED) is 0.540. The van der Waals surface area contributed by atoms with Gasteiger partial charge in [0.2, 0.25) is 5.91 Å². The molecule has 31 heavy (non-hydrogen) atoms. The van der Waals surface area contributed by atoms with E-state index in [1.165, 1.54) is 44.6 Å². The third-order valence-corrected chi connectivity index (χ3v) is 8.36. The van der Waals surface area contributed by atoms with Gasteiger partial charge in [0.15, 0.2) is 0 Å². The van der Waals surface area contributed by atoms with Crippen LogP contribution in [0.3, 0.4) is 0 Å². The van der Waals surface area contributed by atoms with Crippen molar-refractivity contribution < 1.29 is 17.9 Å². The van der Waals surface area contributed by atoms with Crippen LogP contribution in [0.2, 0.25) is 10.0 Å². The minimum Gasteiger partial charge on any atom is -0.495 e. The maximum absolute atomic E-state index is 12.8. The van der Waals surface area contributed by atoms with E-state index in [0.29, 0.717) is 29.7 Å². The fourth-order valence-electron chi connectivity index (χ4n) is 4.79. The van der Waals surface area contributed by atoms with E-state index >= 15 is 0 Å². The molecule has 166 valence electrons. The highest BCUT2D eigenvalue weighted by molar-refractivity contribution is 7.92. The molecule has 4 rings (SSSR count). The summed E-state index contributed by atoms with van der Waals surface area (Å²) in [4.78, 5) is 12.5. The lowest BCUT2D eigenvalue weighted by Gasteiger charge is -2.21. The number of anilines is 2. The van der Waals surface area contributed by atoms with Crippen molar-refractivity contribution in [3.05, 3.63) is 46.4 Å². The minimum atomic E-state index is -3.94. The van der Waals surface area contributed by atoms with Gasteiger partial charge >= 0.3 is 0 Å². The smallest absolute Gasteiger partial charge is 0.262 e. The molecule has 2 N–H and O–H groups in total. The Morgan fingerprint density at radius 2 is 1.90 bits per heavy atom. The molecule has 0 heterocycles. The Hall–Kier alpha value is -1.96. The maximum Gasteiger partial charge on any atom is 0.262 e. The molecule has 2 saturated carbocycles. The zero-order valence-electron chi connectivity index (χ0n) is 17.0. The molecule has 0 aromatic heterocycles. The van der Waals surface area contributed by atoms with Gasteiger partial charge in [-0.3, -0.25) is 9.52 Å². The molecule has 2 aliphatic rings. The average molecular weight is 483 g/mol. The number of sulfonamides is 1. The van der Waals surface area contributed by atoms with Crippen molar-refractivity contribution >= 4 is 50.5 Å². The number of benzene rings is 2. The SMILES string of the molecule is COc1ccc(NC(=O)C[C@H]2C[C@@H]3CC[C@@H]2C3)cc1NS(=O)(=O)c1ccc(Cl)c(Cl)c1. The second-order valence-electron chi connectivity index (χ2n) is 8.28. The molecule has 2 fully saturated rings. The molecule has 2 aromatic rings. The summed E-state index contributed by atoms with van der Waals surface area (Å²) in [5, 5.41) is 3.29. The summed E-state index contributed by atoms with van der Waals surface area (Å²) in [5.41, 5.74) is 0.715. The van der Waals surface area contributed by atoms with E-state index in [0.717, 1.165) is 12.3 Å². The van der Waals surface area contributed by atoms with Gasteiger partial charge in [-0.2, -0.15) is 0 Å². The summed E-state index contributed by atoms with van der Waals surface area (Å²) < 4.78 is 33.4. The highest BCUT2D eigenvalue weighted by Gasteiger charge is 2.40. The Balaban J connectivity index is 1.49. The van der Waals surface area contributed by atoms with Crippen molar-refractivity contribution in [2.75, 3.05) is 17.1 Å². The average Bonchev–Trinajstić information content (AvgIpc) is 3.33. The predicted molar refractivity (Wildman–Crippen MR) is 122 cm³/mol. The highest BCUT2D eigenvalue weighted by atomic mass is 35.5. The van der Waals surface area contributed by atoms with Crippen LogP contribution in [-0.2, 0) is 14.8 Å². The monoisotopic (exact) mass is 482 g/mol. The molecule has 9 heteroatoms. The fourth-order valence-corrected chi connectivity index (χ4v) is 6.24. The van der Waals surface area contributed by atoms with Crippen LogP contribution in [0.5, 0.6) is 5.75 Å². The van der Waals surface area contributed by atoms with Crippen LogP contribution in [0, 0.1) is 17.8 Å².